The molecule has 5 heteroatoms. The Morgan fingerprint density at radius 3 is 2.76 bits per heavy atom. The molecule has 4 nitrogen and oxygen atoms in total. The number of benzene rings is 1. The topological polar surface area (TPSA) is 53.5 Å². The van der Waals surface area contributed by atoms with E-state index >= 15 is 0 Å². The van der Waals surface area contributed by atoms with Gasteiger partial charge in [0.15, 0.2) is 5.84 Å². The van der Waals surface area contributed by atoms with Crippen molar-refractivity contribution in [3.63, 3.8) is 0 Å². The van der Waals surface area contributed by atoms with Crippen molar-refractivity contribution >= 4 is 23.3 Å². The van der Waals surface area contributed by atoms with Crippen molar-refractivity contribution in [1.29, 1.82) is 0 Å². The third-order valence-corrected chi connectivity index (χ3v) is 2.86. The summed E-state index contributed by atoms with van der Waals surface area (Å²) in [5.41, 5.74) is 1.02. The first-order chi connectivity index (χ1) is 8.16. The molecule has 0 aromatic heterocycles. The van der Waals surface area contributed by atoms with E-state index in [1.807, 2.05) is 31.2 Å². The summed E-state index contributed by atoms with van der Waals surface area (Å²) in [5.74, 6) is 0.260. The molecule has 1 amide bonds. The number of amides is 1. The quantitative estimate of drug-likeness (QED) is 0.856. The van der Waals surface area contributed by atoms with Gasteiger partial charge >= 0.3 is 0 Å². The summed E-state index contributed by atoms with van der Waals surface area (Å²) in [4.78, 5) is 15.8. The first kappa shape index (κ1) is 11.9. The number of carbonyl (C=O) groups excluding carboxylic acids is 1. The van der Waals surface area contributed by atoms with Gasteiger partial charge < -0.3 is 10.6 Å². The van der Waals surface area contributed by atoms with Crippen molar-refractivity contribution in [2.75, 3.05) is 13.1 Å². The van der Waals surface area contributed by atoms with Gasteiger partial charge in [-0.25, -0.2) is 0 Å². The molecule has 0 bridgehead atoms. The highest BCUT2D eigenvalue weighted by Crippen LogP contribution is 2.15. The van der Waals surface area contributed by atoms with Gasteiger partial charge in [0, 0.05) is 11.6 Å². The van der Waals surface area contributed by atoms with Crippen LogP contribution in [0.1, 0.15) is 18.5 Å². The average Bonchev–Trinajstić information content (AvgIpc) is 2.83. The van der Waals surface area contributed by atoms with Crippen LogP contribution in [0.3, 0.4) is 0 Å². The summed E-state index contributed by atoms with van der Waals surface area (Å²) in [6.45, 7) is 3.33. The molecule has 0 radical (unpaired) electrons. The Kier molecular flexibility index (Phi) is 3.64. The Morgan fingerprint density at radius 1 is 1.47 bits per heavy atom. The van der Waals surface area contributed by atoms with Crippen molar-refractivity contribution in [2.24, 2.45) is 4.99 Å². The molecule has 1 aliphatic heterocycles. The summed E-state index contributed by atoms with van der Waals surface area (Å²) in [6.07, 6.45) is 0. The van der Waals surface area contributed by atoms with Gasteiger partial charge in [0.25, 0.3) is 5.91 Å². The van der Waals surface area contributed by atoms with E-state index in [2.05, 4.69) is 15.6 Å². The summed E-state index contributed by atoms with van der Waals surface area (Å²) < 4.78 is 0. The van der Waals surface area contributed by atoms with E-state index in [1.54, 1.807) is 0 Å². The lowest BCUT2D eigenvalue weighted by Crippen LogP contribution is -2.38. The fraction of sp³-hybridized carbons (Fsp3) is 0.333. The SMILES string of the molecule is C[C@H](NC(=O)C1=NCCN1)c1ccc(Cl)cc1. The van der Waals surface area contributed by atoms with Gasteiger partial charge in [-0.3, -0.25) is 9.79 Å². The zero-order valence-electron chi connectivity index (χ0n) is 9.53. The van der Waals surface area contributed by atoms with Crippen LogP contribution in [0, 0.1) is 0 Å². The first-order valence-corrected chi connectivity index (χ1v) is 5.89. The van der Waals surface area contributed by atoms with E-state index in [-0.39, 0.29) is 11.9 Å². The molecule has 1 aromatic rings. The highest BCUT2D eigenvalue weighted by molar-refractivity contribution is 6.38. The Bertz CT molecular complexity index is 442. The fourth-order valence-electron chi connectivity index (χ4n) is 1.65. The van der Waals surface area contributed by atoms with Crippen LogP contribution in [-0.4, -0.2) is 24.8 Å². The summed E-state index contributed by atoms with van der Waals surface area (Å²) in [7, 11) is 0. The third-order valence-electron chi connectivity index (χ3n) is 2.61. The molecule has 0 spiro atoms. The molecule has 0 saturated carbocycles. The van der Waals surface area contributed by atoms with Crippen molar-refractivity contribution in [3.05, 3.63) is 34.9 Å². The predicted molar refractivity (Wildman–Crippen MR) is 68.3 cm³/mol. The Balaban J connectivity index is 1.98. The maximum atomic E-state index is 11.8. The van der Waals surface area contributed by atoms with Gasteiger partial charge in [0.1, 0.15) is 0 Å². The van der Waals surface area contributed by atoms with Gasteiger partial charge in [0.05, 0.1) is 12.6 Å². The van der Waals surface area contributed by atoms with Crippen molar-refractivity contribution in [2.45, 2.75) is 13.0 Å². The Morgan fingerprint density at radius 2 is 2.18 bits per heavy atom. The number of nitrogens with one attached hydrogen (secondary N) is 2. The highest BCUT2D eigenvalue weighted by atomic mass is 35.5. The number of hydrogen-bond donors (Lipinski definition) is 2. The molecule has 1 atom stereocenters. The monoisotopic (exact) mass is 251 g/mol. The molecule has 90 valence electrons. The minimum Gasteiger partial charge on any atom is -0.364 e. The lowest BCUT2D eigenvalue weighted by molar-refractivity contribution is -0.115. The maximum Gasteiger partial charge on any atom is 0.286 e. The standard InChI is InChI=1S/C12H14ClN3O/c1-8(9-2-4-10(13)5-3-9)16-12(17)11-14-6-7-15-11/h2-5,8H,6-7H2,1H3,(H,14,15)(H,16,17)/t8-/m0/s1. The van der Waals surface area contributed by atoms with Crippen LogP contribution < -0.4 is 10.6 Å². The predicted octanol–water partition coefficient (Wildman–Crippen LogP) is 1.52. The van der Waals surface area contributed by atoms with Crippen LogP contribution >= 0.6 is 11.6 Å². The van der Waals surface area contributed by atoms with Crippen molar-refractivity contribution < 1.29 is 4.79 Å². The molecular formula is C12H14ClN3O. The molecule has 2 rings (SSSR count). The summed E-state index contributed by atoms with van der Waals surface area (Å²) in [5, 5.41) is 6.51. The number of rotatable bonds is 3. The number of aliphatic imine (C=N–C) groups is 1. The molecule has 0 aliphatic carbocycles. The van der Waals surface area contributed by atoms with Crippen molar-refractivity contribution in [3.8, 4) is 0 Å². The Hall–Kier alpha value is -1.55. The molecule has 1 aromatic carbocycles. The van der Waals surface area contributed by atoms with Gasteiger partial charge in [-0.05, 0) is 24.6 Å². The van der Waals surface area contributed by atoms with E-state index in [0.717, 1.165) is 12.1 Å². The lowest BCUT2D eigenvalue weighted by atomic mass is 10.1. The number of nitrogens with zero attached hydrogens (tertiary/aromatic N) is 1. The summed E-state index contributed by atoms with van der Waals surface area (Å²) >= 11 is 5.81. The number of hydrogen-bond acceptors (Lipinski definition) is 3. The molecule has 0 fully saturated rings. The molecule has 1 aliphatic rings. The smallest absolute Gasteiger partial charge is 0.286 e. The van der Waals surface area contributed by atoms with Crippen LogP contribution in [-0.2, 0) is 4.79 Å². The highest BCUT2D eigenvalue weighted by Gasteiger charge is 2.17. The van der Waals surface area contributed by atoms with E-state index in [9.17, 15) is 4.79 Å². The first-order valence-electron chi connectivity index (χ1n) is 5.51. The second-order valence-electron chi connectivity index (χ2n) is 3.90. The van der Waals surface area contributed by atoms with E-state index in [4.69, 9.17) is 11.6 Å². The minimum absolute atomic E-state index is 0.0649. The average molecular weight is 252 g/mol. The minimum atomic E-state index is -0.162. The largest absolute Gasteiger partial charge is 0.364 e. The molecule has 1 heterocycles. The zero-order valence-corrected chi connectivity index (χ0v) is 10.3. The van der Waals surface area contributed by atoms with Crippen LogP contribution in [0.15, 0.2) is 29.3 Å². The second-order valence-corrected chi connectivity index (χ2v) is 4.34. The van der Waals surface area contributed by atoms with Crippen molar-refractivity contribution in [1.82, 2.24) is 10.6 Å². The van der Waals surface area contributed by atoms with Crippen LogP contribution in [0.5, 0.6) is 0 Å². The molecule has 17 heavy (non-hydrogen) atoms. The van der Waals surface area contributed by atoms with E-state index in [0.29, 0.717) is 17.4 Å². The zero-order chi connectivity index (χ0) is 12.3. The molecular weight excluding hydrogens is 238 g/mol. The maximum absolute atomic E-state index is 11.8. The van der Waals surface area contributed by atoms with Gasteiger partial charge in [-0.1, -0.05) is 23.7 Å². The molecule has 0 unspecified atom stereocenters. The van der Waals surface area contributed by atoms with Crippen LogP contribution in [0.4, 0.5) is 0 Å². The van der Waals surface area contributed by atoms with Crippen LogP contribution in [0.2, 0.25) is 5.02 Å². The number of carbonyl (C=O) groups is 1. The number of amidine groups is 1. The normalized spacial score (nSPS) is 16.0. The van der Waals surface area contributed by atoms with E-state index in [1.165, 1.54) is 0 Å². The Labute approximate surface area is 105 Å². The van der Waals surface area contributed by atoms with Gasteiger partial charge in [-0.2, -0.15) is 0 Å². The second kappa shape index (κ2) is 5.19. The van der Waals surface area contributed by atoms with Gasteiger partial charge in [0.2, 0.25) is 0 Å². The van der Waals surface area contributed by atoms with Gasteiger partial charge in [-0.15, -0.1) is 0 Å². The van der Waals surface area contributed by atoms with Crippen LogP contribution in [0.25, 0.3) is 0 Å². The molecule has 0 saturated heterocycles. The lowest BCUT2D eigenvalue weighted by Gasteiger charge is -2.14. The fourth-order valence-corrected chi connectivity index (χ4v) is 1.78. The summed E-state index contributed by atoms with van der Waals surface area (Å²) in [6, 6.07) is 7.36. The number of halogens is 1. The molecule has 2 N–H and O–H groups in total. The third kappa shape index (κ3) is 2.97. The van der Waals surface area contributed by atoms with E-state index < -0.39 is 0 Å².